The molecule has 2 unspecified atom stereocenters. The van der Waals surface area contributed by atoms with Crippen molar-refractivity contribution < 1.29 is 17.9 Å². The molecule has 0 spiro atoms. The number of carbonyl (C=O) groups excluding carboxylic acids is 1. The molecule has 4 rings (SSSR count). The fourth-order valence-electron chi connectivity index (χ4n) is 4.80. The highest BCUT2D eigenvalue weighted by atomic mass is 35.5. The third-order valence-electron chi connectivity index (χ3n) is 7.21. The Hall–Kier alpha value is -2.08. The Morgan fingerprint density at radius 1 is 1.03 bits per heavy atom. The lowest BCUT2D eigenvalue weighted by Crippen LogP contribution is -2.48. The Morgan fingerprint density at radius 3 is 2.23 bits per heavy atom. The van der Waals surface area contributed by atoms with E-state index in [0.717, 1.165) is 34.4 Å². The summed E-state index contributed by atoms with van der Waals surface area (Å²) in [5.74, 6) is -0.192. The quantitative estimate of drug-likeness (QED) is 0.342. The maximum atomic E-state index is 13.8. The number of halogens is 1. The van der Waals surface area contributed by atoms with Crippen LogP contribution in [-0.2, 0) is 14.8 Å². The number of fused-ring (bicyclic) bond motifs is 1. The van der Waals surface area contributed by atoms with Crippen LogP contribution in [0.15, 0.2) is 41.3 Å². The molecule has 39 heavy (non-hydrogen) atoms. The van der Waals surface area contributed by atoms with Crippen LogP contribution in [0, 0.1) is 13.8 Å². The molecule has 1 amide bonds. The van der Waals surface area contributed by atoms with Crippen LogP contribution >= 0.6 is 23.7 Å². The molecule has 1 fully saturated rings. The van der Waals surface area contributed by atoms with E-state index in [-0.39, 0.29) is 35.4 Å². The molecule has 1 saturated heterocycles. The van der Waals surface area contributed by atoms with Gasteiger partial charge in [0.2, 0.25) is 10.0 Å². The number of hydrogen-bond donors (Lipinski definition) is 0. The van der Waals surface area contributed by atoms with E-state index in [1.807, 2.05) is 13.8 Å². The van der Waals surface area contributed by atoms with Crippen LogP contribution < -0.4 is 4.90 Å². The lowest BCUT2D eigenvalue weighted by molar-refractivity contribution is -0.0440. The number of benzene rings is 2. The molecule has 214 valence electrons. The van der Waals surface area contributed by atoms with Gasteiger partial charge in [-0.2, -0.15) is 4.31 Å². The first-order valence-electron chi connectivity index (χ1n) is 13.2. The van der Waals surface area contributed by atoms with Gasteiger partial charge in [0.05, 0.1) is 27.3 Å². The second-order valence-electron chi connectivity index (χ2n) is 9.94. The fraction of sp³-hybridized carbons (Fsp3) is 0.500. The van der Waals surface area contributed by atoms with E-state index in [2.05, 4.69) is 44.7 Å². The Balaban J connectivity index is 0.00000420. The van der Waals surface area contributed by atoms with Crippen LogP contribution in [0.2, 0.25) is 0 Å². The number of thiazole rings is 1. The largest absolute Gasteiger partial charge is 0.373 e. The highest BCUT2D eigenvalue weighted by molar-refractivity contribution is 7.89. The van der Waals surface area contributed by atoms with E-state index in [9.17, 15) is 13.2 Å². The Bertz CT molecular complexity index is 1380. The summed E-state index contributed by atoms with van der Waals surface area (Å²) in [6.07, 6.45) is -0.343. The smallest absolute Gasteiger partial charge is 0.260 e. The minimum absolute atomic E-state index is 0. The summed E-state index contributed by atoms with van der Waals surface area (Å²) in [6, 6.07) is 10.4. The van der Waals surface area contributed by atoms with Crippen molar-refractivity contribution in [2.45, 2.75) is 58.6 Å². The molecule has 1 aliphatic heterocycles. The van der Waals surface area contributed by atoms with Gasteiger partial charge in [-0.1, -0.05) is 31.3 Å². The topological polar surface area (TPSA) is 83.1 Å². The van der Waals surface area contributed by atoms with Gasteiger partial charge in [0.1, 0.15) is 0 Å². The van der Waals surface area contributed by atoms with Gasteiger partial charge in [0.25, 0.3) is 5.91 Å². The van der Waals surface area contributed by atoms with E-state index < -0.39 is 10.0 Å². The summed E-state index contributed by atoms with van der Waals surface area (Å²) in [5, 5.41) is 0.652. The number of likely N-dealkylation sites (N-methyl/N-ethyl adjacent to an activating group) is 1. The van der Waals surface area contributed by atoms with E-state index in [1.165, 1.54) is 27.8 Å². The van der Waals surface area contributed by atoms with Crippen LogP contribution in [0.5, 0.6) is 0 Å². The molecule has 1 aromatic heterocycles. The number of hydrogen-bond acceptors (Lipinski definition) is 7. The number of aromatic nitrogens is 1. The zero-order valence-corrected chi connectivity index (χ0v) is 26.0. The van der Waals surface area contributed by atoms with E-state index in [1.54, 1.807) is 17.0 Å². The number of ether oxygens (including phenoxy) is 1. The van der Waals surface area contributed by atoms with E-state index in [0.29, 0.717) is 36.9 Å². The van der Waals surface area contributed by atoms with Crippen LogP contribution in [0.1, 0.15) is 49.2 Å². The molecule has 2 atom stereocenters. The van der Waals surface area contributed by atoms with Crippen molar-refractivity contribution in [3.8, 4) is 0 Å². The molecular weight excluding hydrogens is 556 g/mol. The van der Waals surface area contributed by atoms with Gasteiger partial charge in [-0.25, -0.2) is 13.4 Å². The van der Waals surface area contributed by atoms with E-state index >= 15 is 0 Å². The van der Waals surface area contributed by atoms with Gasteiger partial charge in [-0.3, -0.25) is 9.69 Å². The number of sulfonamides is 1. The highest BCUT2D eigenvalue weighted by Gasteiger charge is 2.32. The maximum absolute atomic E-state index is 13.8. The standard InChI is InChI=1S/C28H38N4O4S2.ClH/c1-7-30(8-2)15-16-32(28-29-26-22(6)19(3)9-14-25(26)37-28)27(33)23-10-12-24(13-11-23)38(34,35)31-17-20(4)36-21(5)18-31;/h9-14,20-21H,7-8,15-18H2,1-6H3;1H. The average molecular weight is 595 g/mol. The number of carbonyl (C=O) groups is 1. The van der Waals surface area contributed by atoms with Crippen LogP contribution in [0.25, 0.3) is 10.2 Å². The molecule has 8 nitrogen and oxygen atoms in total. The van der Waals surface area contributed by atoms with E-state index in [4.69, 9.17) is 9.72 Å². The summed E-state index contributed by atoms with van der Waals surface area (Å²) in [4.78, 5) is 22.9. The molecule has 0 bridgehead atoms. The molecular formula is C28H39ClN4O4S2. The number of rotatable bonds is 9. The van der Waals surface area contributed by atoms with Crippen molar-refractivity contribution in [3.63, 3.8) is 0 Å². The van der Waals surface area contributed by atoms with Crippen molar-refractivity contribution in [2.24, 2.45) is 0 Å². The second kappa shape index (κ2) is 13.1. The number of morpholine rings is 1. The molecule has 0 aliphatic carbocycles. The predicted octanol–water partition coefficient (Wildman–Crippen LogP) is 5.12. The SMILES string of the molecule is CCN(CC)CCN(C(=O)c1ccc(S(=O)(=O)N2CC(C)OC(C)C2)cc1)c1nc2c(C)c(C)ccc2s1.Cl. The number of anilines is 1. The normalized spacial score (nSPS) is 18.3. The average Bonchev–Trinajstić information content (AvgIpc) is 3.33. The van der Waals surface area contributed by atoms with Gasteiger partial charge < -0.3 is 9.64 Å². The zero-order chi connectivity index (χ0) is 27.6. The zero-order valence-electron chi connectivity index (χ0n) is 23.5. The first kappa shape index (κ1) is 31.4. The molecule has 2 aromatic carbocycles. The van der Waals surface area contributed by atoms with Crippen molar-refractivity contribution in [1.82, 2.24) is 14.2 Å². The van der Waals surface area contributed by atoms with Crippen LogP contribution in [0.4, 0.5) is 5.13 Å². The van der Waals surface area contributed by atoms with Crippen LogP contribution in [-0.4, -0.2) is 80.0 Å². The number of aryl methyl sites for hydroxylation is 2. The van der Waals surface area contributed by atoms with Crippen LogP contribution in [0.3, 0.4) is 0 Å². The number of amides is 1. The van der Waals surface area contributed by atoms with Gasteiger partial charge in [0.15, 0.2) is 5.13 Å². The maximum Gasteiger partial charge on any atom is 0.260 e. The first-order chi connectivity index (χ1) is 18.0. The second-order valence-corrected chi connectivity index (χ2v) is 12.9. The Labute approximate surface area is 242 Å². The lowest BCUT2D eigenvalue weighted by Gasteiger charge is -2.34. The molecule has 3 aromatic rings. The summed E-state index contributed by atoms with van der Waals surface area (Å²) in [7, 11) is -3.69. The molecule has 0 saturated carbocycles. The first-order valence-corrected chi connectivity index (χ1v) is 15.5. The summed E-state index contributed by atoms with van der Waals surface area (Å²) >= 11 is 1.51. The molecule has 11 heteroatoms. The molecule has 0 N–H and O–H groups in total. The summed E-state index contributed by atoms with van der Waals surface area (Å²) in [5.41, 5.74) is 3.62. The van der Waals surface area contributed by atoms with Gasteiger partial charge in [-0.15, -0.1) is 12.4 Å². The minimum atomic E-state index is -3.69. The van der Waals surface area contributed by atoms with Crippen molar-refractivity contribution in [1.29, 1.82) is 0 Å². The molecule has 2 heterocycles. The predicted molar refractivity (Wildman–Crippen MR) is 161 cm³/mol. The Morgan fingerprint density at radius 2 is 1.64 bits per heavy atom. The Kier molecular flexibility index (Phi) is 10.5. The molecule has 0 radical (unpaired) electrons. The highest BCUT2D eigenvalue weighted by Crippen LogP contribution is 2.33. The summed E-state index contributed by atoms with van der Waals surface area (Å²) < 4.78 is 34.8. The number of nitrogens with zero attached hydrogens (tertiary/aromatic N) is 4. The third kappa shape index (κ3) is 6.81. The lowest BCUT2D eigenvalue weighted by atomic mass is 10.1. The van der Waals surface area contributed by atoms with Crippen molar-refractivity contribution in [2.75, 3.05) is 44.2 Å². The fourth-order valence-corrected chi connectivity index (χ4v) is 7.44. The third-order valence-corrected chi connectivity index (χ3v) is 10.1. The monoisotopic (exact) mass is 594 g/mol. The summed E-state index contributed by atoms with van der Waals surface area (Å²) in [6.45, 7) is 15.7. The van der Waals surface area contributed by atoms with Crippen molar-refractivity contribution >= 4 is 55.0 Å². The van der Waals surface area contributed by atoms with Crippen molar-refractivity contribution in [3.05, 3.63) is 53.1 Å². The molecule has 1 aliphatic rings. The van der Waals surface area contributed by atoms with Gasteiger partial charge >= 0.3 is 0 Å². The minimum Gasteiger partial charge on any atom is -0.373 e. The van der Waals surface area contributed by atoms with Gasteiger partial charge in [0, 0.05) is 31.7 Å². The van der Waals surface area contributed by atoms with Gasteiger partial charge in [-0.05, 0) is 82.2 Å².